The van der Waals surface area contributed by atoms with Gasteiger partial charge in [0.15, 0.2) is 5.78 Å². The van der Waals surface area contributed by atoms with E-state index in [1.54, 1.807) is 0 Å². The molecule has 1 N–H and O–H groups in total. The first kappa shape index (κ1) is 17.8. The second-order valence-electron chi connectivity index (χ2n) is 4.69. The van der Waals surface area contributed by atoms with E-state index in [1.807, 2.05) is 0 Å². The van der Waals surface area contributed by atoms with Gasteiger partial charge in [-0.15, -0.1) is 11.8 Å². The Kier molecular flexibility index (Phi) is 5.81. The molecule has 124 valence electrons. The Hall–Kier alpha value is -2.54. The smallest absolute Gasteiger partial charge is 0.313 e. The summed E-state index contributed by atoms with van der Waals surface area (Å²) in [5, 5.41) is 8.57. The number of thioether (sulfide) groups is 1. The van der Waals surface area contributed by atoms with Crippen LogP contribution in [-0.2, 0) is 4.79 Å². The molecule has 7 heteroatoms. The van der Waals surface area contributed by atoms with Crippen LogP contribution in [0.5, 0.6) is 0 Å². The quantitative estimate of drug-likeness (QED) is 0.481. The van der Waals surface area contributed by atoms with E-state index in [4.69, 9.17) is 5.11 Å². The monoisotopic (exact) mass is 352 g/mol. The van der Waals surface area contributed by atoms with E-state index >= 15 is 0 Å². The highest BCUT2D eigenvalue weighted by atomic mass is 32.2. The van der Waals surface area contributed by atoms with Crippen molar-refractivity contribution in [3.63, 3.8) is 0 Å². The SMILES string of the molecule is O=C(O)CSc1ccc(C(=O)/C=C/c2ccc(F)cc2F)cc1F. The zero-order chi connectivity index (χ0) is 17.7. The number of allylic oxidation sites excluding steroid dienone is 1. The van der Waals surface area contributed by atoms with Gasteiger partial charge in [-0.25, -0.2) is 13.2 Å². The molecule has 0 aromatic heterocycles. The standard InChI is InChI=1S/C17H11F3O3S/c18-12-4-1-10(13(19)8-12)2-5-15(21)11-3-6-16(14(20)7-11)24-9-17(22)23/h1-8H,9H2,(H,22,23)/b5-2+. The van der Waals surface area contributed by atoms with Crippen molar-refractivity contribution in [3.8, 4) is 0 Å². The summed E-state index contributed by atoms with van der Waals surface area (Å²) < 4.78 is 40.1. The van der Waals surface area contributed by atoms with E-state index in [0.29, 0.717) is 6.07 Å². The minimum absolute atomic E-state index is 0.0267. The largest absolute Gasteiger partial charge is 0.481 e. The fourth-order valence-electron chi connectivity index (χ4n) is 1.81. The van der Waals surface area contributed by atoms with Gasteiger partial charge in [0.05, 0.1) is 5.75 Å². The van der Waals surface area contributed by atoms with E-state index < -0.39 is 29.2 Å². The van der Waals surface area contributed by atoms with Gasteiger partial charge < -0.3 is 5.11 Å². The van der Waals surface area contributed by atoms with Crippen molar-refractivity contribution >= 4 is 29.6 Å². The van der Waals surface area contributed by atoms with E-state index in [-0.39, 0.29) is 21.8 Å². The van der Waals surface area contributed by atoms with Crippen molar-refractivity contribution in [2.45, 2.75) is 4.90 Å². The number of hydrogen-bond acceptors (Lipinski definition) is 3. The van der Waals surface area contributed by atoms with E-state index in [9.17, 15) is 22.8 Å². The third-order valence-electron chi connectivity index (χ3n) is 2.94. The van der Waals surface area contributed by atoms with Gasteiger partial charge in [0.1, 0.15) is 17.5 Å². The second kappa shape index (κ2) is 7.83. The third-order valence-corrected chi connectivity index (χ3v) is 3.98. The van der Waals surface area contributed by atoms with Gasteiger partial charge in [0.25, 0.3) is 0 Å². The number of benzene rings is 2. The molecule has 0 fully saturated rings. The first-order chi connectivity index (χ1) is 11.4. The number of carboxylic acids is 1. The van der Waals surface area contributed by atoms with Crippen LogP contribution < -0.4 is 0 Å². The highest BCUT2D eigenvalue weighted by Gasteiger charge is 2.10. The molecule has 0 amide bonds. The van der Waals surface area contributed by atoms with Crippen LogP contribution in [0.4, 0.5) is 13.2 Å². The average molecular weight is 352 g/mol. The number of halogens is 3. The van der Waals surface area contributed by atoms with Crippen LogP contribution in [0.1, 0.15) is 15.9 Å². The van der Waals surface area contributed by atoms with Crippen LogP contribution in [0.3, 0.4) is 0 Å². The Morgan fingerprint density at radius 3 is 2.42 bits per heavy atom. The maximum Gasteiger partial charge on any atom is 0.313 e. The molecule has 0 spiro atoms. The molecular formula is C17H11F3O3S. The Balaban J connectivity index is 2.13. The number of ketones is 1. The first-order valence-corrected chi connectivity index (χ1v) is 7.67. The Morgan fingerprint density at radius 1 is 1.04 bits per heavy atom. The normalized spacial score (nSPS) is 11.0. The van der Waals surface area contributed by atoms with Crippen molar-refractivity contribution < 1.29 is 27.9 Å². The summed E-state index contributed by atoms with van der Waals surface area (Å²) in [6, 6.07) is 6.57. The zero-order valence-electron chi connectivity index (χ0n) is 12.1. The Morgan fingerprint density at radius 2 is 1.79 bits per heavy atom. The van der Waals surface area contributed by atoms with Crippen molar-refractivity contribution in [2.24, 2.45) is 0 Å². The molecular weight excluding hydrogens is 341 g/mol. The topological polar surface area (TPSA) is 54.4 Å². The zero-order valence-corrected chi connectivity index (χ0v) is 12.9. The number of hydrogen-bond donors (Lipinski definition) is 1. The van der Waals surface area contributed by atoms with Gasteiger partial charge in [-0.2, -0.15) is 0 Å². The molecule has 0 atom stereocenters. The minimum Gasteiger partial charge on any atom is -0.481 e. The summed E-state index contributed by atoms with van der Waals surface area (Å²) >= 11 is 0.800. The van der Waals surface area contributed by atoms with E-state index in [1.165, 1.54) is 24.3 Å². The number of aliphatic carboxylic acids is 1. The van der Waals surface area contributed by atoms with Crippen molar-refractivity contribution in [3.05, 3.63) is 71.1 Å². The summed E-state index contributed by atoms with van der Waals surface area (Å²) in [4.78, 5) is 22.6. The summed E-state index contributed by atoms with van der Waals surface area (Å²) in [5.41, 5.74) is 0.0600. The molecule has 2 aromatic rings. The lowest BCUT2D eigenvalue weighted by molar-refractivity contribution is -0.133. The molecule has 0 radical (unpaired) electrons. The number of carbonyl (C=O) groups excluding carboxylic acids is 1. The van der Waals surface area contributed by atoms with Crippen LogP contribution >= 0.6 is 11.8 Å². The molecule has 0 aliphatic carbocycles. The molecule has 0 aliphatic heterocycles. The lowest BCUT2D eigenvalue weighted by Gasteiger charge is -2.03. The molecule has 0 bridgehead atoms. The van der Waals surface area contributed by atoms with Crippen LogP contribution in [0.25, 0.3) is 6.08 Å². The Bertz CT molecular complexity index is 819. The van der Waals surface area contributed by atoms with Crippen LogP contribution in [0, 0.1) is 17.5 Å². The highest BCUT2D eigenvalue weighted by Crippen LogP contribution is 2.23. The predicted molar refractivity (Wildman–Crippen MR) is 84.5 cm³/mol. The lowest BCUT2D eigenvalue weighted by atomic mass is 10.1. The molecule has 0 saturated heterocycles. The fraction of sp³-hybridized carbons (Fsp3) is 0.0588. The molecule has 0 saturated carbocycles. The number of rotatable bonds is 6. The van der Waals surface area contributed by atoms with Gasteiger partial charge in [0, 0.05) is 22.1 Å². The van der Waals surface area contributed by atoms with Gasteiger partial charge in [-0.05, 0) is 42.5 Å². The third kappa shape index (κ3) is 4.73. The first-order valence-electron chi connectivity index (χ1n) is 6.68. The van der Waals surface area contributed by atoms with Gasteiger partial charge in [0.2, 0.25) is 0 Å². The predicted octanol–water partition coefficient (Wildman–Crippen LogP) is 4.18. The fourth-order valence-corrected chi connectivity index (χ4v) is 2.45. The molecule has 3 nitrogen and oxygen atoms in total. The summed E-state index contributed by atoms with van der Waals surface area (Å²) in [6.07, 6.45) is 2.22. The summed E-state index contributed by atoms with van der Waals surface area (Å²) in [5.74, 6) is -4.20. The molecule has 0 aliphatic rings. The van der Waals surface area contributed by atoms with Crippen LogP contribution in [0.2, 0.25) is 0 Å². The minimum atomic E-state index is -1.08. The lowest BCUT2D eigenvalue weighted by Crippen LogP contribution is -2.00. The van der Waals surface area contributed by atoms with E-state index in [0.717, 1.165) is 30.0 Å². The van der Waals surface area contributed by atoms with Crippen molar-refractivity contribution in [1.82, 2.24) is 0 Å². The summed E-state index contributed by atoms with van der Waals surface area (Å²) in [6.45, 7) is 0. The number of carbonyl (C=O) groups is 2. The summed E-state index contributed by atoms with van der Waals surface area (Å²) in [7, 11) is 0. The number of carboxylic acid groups (broad SMARTS) is 1. The van der Waals surface area contributed by atoms with Crippen LogP contribution in [-0.4, -0.2) is 22.6 Å². The van der Waals surface area contributed by atoms with Crippen molar-refractivity contribution in [1.29, 1.82) is 0 Å². The maximum absolute atomic E-state index is 13.8. The van der Waals surface area contributed by atoms with E-state index in [2.05, 4.69) is 0 Å². The molecule has 0 heterocycles. The Labute approximate surface area is 139 Å². The van der Waals surface area contributed by atoms with Crippen LogP contribution in [0.15, 0.2) is 47.4 Å². The highest BCUT2D eigenvalue weighted by molar-refractivity contribution is 8.00. The molecule has 2 aromatic carbocycles. The molecule has 0 unspecified atom stereocenters. The maximum atomic E-state index is 13.8. The van der Waals surface area contributed by atoms with Gasteiger partial charge >= 0.3 is 5.97 Å². The van der Waals surface area contributed by atoms with Gasteiger partial charge in [-0.3, -0.25) is 9.59 Å². The van der Waals surface area contributed by atoms with Crippen molar-refractivity contribution in [2.75, 3.05) is 5.75 Å². The average Bonchev–Trinajstić information content (AvgIpc) is 2.52. The molecule has 2 rings (SSSR count). The van der Waals surface area contributed by atoms with Gasteiger partial charge in [-0.1, -0.05) is 0 Å². The second-order valence-corrected chi connectivity index (χ2v) is 5.71. The molecule has 24 heavy (non-hydrogen) atoms.